The number of aliphatic imine (C=N–C) groups is 1. The average molecular weight is 560 g/mol. The Balaban J connectivity index is 0.00000306. The van der Waals surface area contributed by atoms with Crippen LogP contribution in [0.25, 0.3) is 0 Å². The number of aromatic nitrogens is 3. The Hall–Kier alpha value is -2.62. The minimum atomic E-state index is 0. The van der Waals surface area contributed by atoms with Gasteiger partial charge in [-0.3, -0.25) is 0 Å². The van der Waals surface area contributed by atoms with Gasteiger partial charge in [0.1, 0.15) is 11.6 Å². The van der Waals surface area contributed by atoms with Crippen molar-refractivity contribution in [1.82, 2.24) is 25.4 Å². The zero-order chi connectivity index (χ0) is 22.4. The molecule has 0 unspecified atom stereocenters. The fourth-order valence-corrected chi connectivity index (χ4v) is 4.06. The number of ether oxygens (including phenoxy) is 1. The van der Waals surface area contributed by atoms with E-state index in [4.69, 9.17) is 9.73 Å². The molecule has 0 radical (unpaired) electrons. The maximum absolute atomic E-state index is 5.26. The van der Waals surface area contributed by atoms with E-state index in [0.29, 0.717) is 13.1 Å². The third-order valence-electron chi connectivity index (χ3n) is 6.47. The summed E-state index contributed by atoms with van der Waals surface area (Å²) in [6, 6.07) is 18.8. The number of hydrogen-bond acceptors (Lipinski definition) is 4. The lowest BCUT2D eigenvalue weighted by Crippen LogP contribution is -2.48. The van der Waals surface area contributed by atoms with Gasteiger partial charge in [-0.25, -0.2) is 4.99 Å². The number of rotatable bonds is 8. The van der Waals surface area contributed by atoms with Gasteiger partial charge in [0.15, 0.2) is 11.8 Å². The second-order valence-corrected chi connectivity index (χ2v) is 8.44. The van der Waals surface area contributed by atoms with Crippen molar-refractivity contribution in [3.8, 4) is 5.75 Å². The molecule has 1 aliphatic rings. The molecule has 7 nitrogen and oxygen atoms in total. The van der Waals surface area contributed by atoms with E-state index in [1.807, 2.05) is 42.8 Å². The first-order valence-electron chi connectivity index (χ1n) is 11.2. The first-order valence-corrected chi connectivity index (χ1v) is 11.2. The number of hydrogen-bond donors (Lipinski definition) is 2. The number of guanidine groups is 1. The van der Waals surface area contributed by atoms with Crippen LogP contribution in [-0.4, -0.2) is 34.4 Å². The van der Waals surface area contributed by atoms with E-state index in [1.54, 1.807) is 7.11 Å². The largest absolute Gasteiger partial charge is 0.497 e. The lowest BCUT2D eigenvalue weighted by atomic mass is 9.64. The van der Waals surface area contributed by atoms with Crippen LogP contribution in [-0.2, 0) is 25.6 Å². The highest BCUT2D eigenvalue weighted by atomic mass is 127. The first kappa shape index (κ1) is 25.0. The average Bonchev–Trinajstić information content (AvgIpc) is 3.13. The lowest BCUT2D eigenvalue weighted by molar-refractivity contribution is 0.243. The molecule has 1 aromatic heterocycles. The highest BCUT2D eigenvalue weighted by molar-refractivity contribution is 14.0. The second-order valence-electron chi connectivity index (χ2n) is 8.44. The summed E-state index contributed by atoms with van der Waals surface area (Å²) in [7, 11) is 3.66. The van der Waals surface area contributed by atoms with Crippen LogP contribution in [0.2, 0.25) is 0 Å². The predicted molar refractivity (Wildman–Crippen MR) is 142 cm³/mol. The maximum atomic E-state index is 5.26. The van der Waals surface area contributed by atoms with Crippen LogP contribution in [0.5, 0.6) is 5.75 Å². The van der Waals surface area contributed by atoms with Crippen molar-refractivity contribution in [2.75, 3.05) is 13.7 Å². The Labute approximate surface area is 213 Å². The number of methoxy groups -OCH3 is 1. The summed E-state index contributed by atoms with van der Waals surface area (Å²) in [4.78, 5) is 4.85. The molecule has 4 rings (SSSR count). The van der Waals surface area contributed by atoms with E-state index in [-0.39, 0.29) is 29.4 Å². The number of nitrogens with one attached hydrogen (secondary N) is 2. The fraction of sp³-hybridized carbons (Fsp3) is 0.400. The van der Waals surface area contributed by atoms with Crippen molar-refractivity contribution in [3.05, 3.63) is 77.4 Å². The van der Waals surface area contributed by atoms with Gasteiger partial charge in [-0.2, -0.15) is 0 Å². The molecule has 0 saturated heterocycles. The summed E-state index contributed by atoms with van der Waals surface area (Å²) >= 11 is 0. The molecule has 8 heteroatoms. The molecule has 0 bridgehead atoms. The maximum Gasteiger partial charge on any atom is 0.192 e. The smallest absolute Gasteiger partial charge is 0.192 e. The minimum Gasteiger partial charge on any atom is -0.497 e. The van der Waals surface area contributed by atoms with Crippen molar-refractivity contribution in [1.29, 1.82) is 0 Å². The van der Waals surface area contributed by atoms with Crippen molar-refractivity contribution in [2.24, 2.45) is 12.0 Å². The zero-order valence-corrected chi connectivity index (χ0v) is 21.9. The quantitative estimate of drug-likeness (QED) is 0.247. The van der Waals surface area contributed by atoms with E-state index in [0.717, 1.165) is 35.5 Å². The van der Waals surface area contributed by atoms with Crippen molar-refractivity contribution in [3.63, 3.8) is 0 Å². The Bertz CT molecular complexity index is 1040. The Morgan fingerprint density at radius 2 is 1.79 bits per heavy atom. The molecule has 2 N–H and O–H groups in total. The number of aryl methyl sites for hydroxylation is 1. The minimum absolute atomic E-state index is 0. The summed E-state index contributed by atoms with van der Waals surface area (Å²) in [6.45, 7) is 3.94. The summed E-state index contributed by atoms with van der Waals surface area (Å²) in [5.74, 6) is 3.40. The van der Waals surface area contributed by atoms with Crippen LogP contribution in [0.1, 0.15) is 42.0 Å². The molecule has 1 heterocycles. The van der Waals surface area contributed by atoms with Gasteiger partial charge in [-0.15, -0.1) is 34.2 Å². The molecule has 1 saturated carbocycles. The molecular weight excluding hydrogens is 527 g/mol. The molecule has 176 valence electrons. The van der Waals surface area contributed by atoms with E-state index < -0.39 is 0 Å². The van der Waals surface area contributed by atoms with Crippen molar-refractivity contribution < 1.29 is 4.74 Å². The lowest BCUT2D eigenvalue weighted by Gasteiger charge is -2.43. The summed E-state index contributed by atoms with van der Waals surface area (Å²) < 4.78 is 7.25. The van der Waals surface area contributed by atoms with Gasteiger partial charge in [-0.05, 0) is 43.0 Å². The van der Waals surface area contributed by atoms with Crippen LogP contribution < -0.4 is 15.4 Å². The molecule has 0 aliphatic heterocycles. The van der Waals surface area contributed by atoms with Gasteiger partial charge in [-0.1, -0.05) is 48.9 Å². The molecule has 2 aromatic carbocycles. The van der Waals surface area contributed by atoms with Gasteiger partial charge < -0.3 is 19.9 Å². The predicted octanol–water partition coefficient (Wildman–Crippen LogP) is 4.11. The standard InChI is InChI=1S/C25H32N6O.HI/c1-19-29-30-23(31(19)2)17-27-24(26-16-20-10-12-22(32-3)13-11-20)28-18-25(14-7-15-25)21-8-5-4-6-9-21;/h4-6,8-13H,7,14-18H2,1-3H3,(H2,26,27,28);1H. The Morgan fingerprint density at radius 3 is 2.36 bits per heavy atom. The van der Waals surface area contributed by atoms with E-state index in [2.05, 4.69) is 51.2 Å². The molecule has 3 aromatic rings. The van der Waals surface area contributed by atoms with Crippen LogP contribution in [0, 0.1) is 6.92 Å². The van der Waals surface area contributed by atoms with E-state index in [9.17, 15) is 0 Å². The van der Waals surface area contributed by atoms with Gasteiger partial charge in [0.05, 0.1) is 20.2 Å². The van der Waals surface area contributed by atoms with Gasteiger partial charge in [0.2, 0.25) is 0 Å². The highest BCUT2D eigenvalue weighted by Crippen LogP contribution is 2.43. The number of nitrogens with zero attached hydrogens (tertiary/aromatic N) is 4. The molecular formula is C25H33IN6O. The van der Waals surface area contributed by atoms with Crippen LogP contribution in [0.3, 0.4) is 0 Å². The van der Waals surface area contributed by atoms with Crippen molar-refractivity contribution in [2.45, 2.75) is 44.7 Å². The molecule has 0 atom stereocenters. The van der Waals surface area contributed by atoms with Gasteiger partial charge in [0, 0.05) is 19.0 Å². The van der Waals surface area contributed by atoms with E-state index in [1.165, 1.54) is 24.8 Å². The zero-order valence-electron chi connectivity index (χ0n) is 19.5. The SMILES string of the molecule is COc1ccc(CN=C(NCc2nnc(C)n2C)NCC2(c3ccccc3)CCC2)cc1.I. The first-order chi connectivity index (χ1) is 15.6. The molecule has 1 aliphatic carbocycles. The normalized spacial score (nSPS) is 14.7. The Morgan fingerprint density at radius 1 is 1.06 bits per heavy atom. The second kappa shape index (κ2) is 11.5. The van der Waals surface area contributed by atoms with Crippen LogP contribution >= 0.6 is 24.0 Å². The van der Waals surface area contributed by atoms with E-state index >= 15 is 0 Å². The number of halogens is 1. The third kappa shape index (κ3) is 6.04. The van der Waals surface area contributed by atoms with Gasteiger partial charge in [0.25, 0.3) is 0 Å². The topological polar surface area (TPSA) is 76.4 Å². The molecule has 0 spiro atoms. The monoisotopic (exact) mass is 560 g/mol. The fourth-order valence-electron chi connectivity index (χ4n) is 4.06. The summed E-state index contributed by atoms with van der Waals surface area (Å²) in [6.07, 6.45) is 3.65. The molecule has 1 fully saturated rings. The summed E-state index contributed by atoms with van der Waals surface area (Å²) in [5, 5.41) is 15.5. The molecule has 0 amide bonds. The summed E-state index contributed by atoms with van der Waals surface area (Å²) in [5.41, 5.74) is 2.70. The molecule has 33 heavy (non-hydrogen) atoms. The van der Waals surface area contributed by atoms with Crippen LogP contribution in [0.15, 0.2) is 59.6 Å². The van der Waals surface area contributed by atoms with Gasteiger partial charge >= 0.3 is 0 Å². The third-order valence-corrected chi connectivity index (χ3v) is 6.47. The number of benzene rings is 2. The van der Waals surface area contributed by atoms with Crippen LogP contribution in [0.4, 0.5) is 0 Å². The van der Waals surface area contributed by atoms with Crippen molar-refractivity contribution >= 4 is 29.9 Å². The highest BCUT2D eigenvalue weighted by Gasteiger charge is 2.38. The Kier molecular flexibility index (Phi) is 8.71.